The van der Waals surface area contributed by atoms with E-state index in [1.54, 1.807) is 29.2 Å². The van der Waals surface area contributed by atoms with Gasteiger partial charge >= 0.3 is 6.03 Å². The molecule has 1 unspecified atom stereocenters. The van der Waals surface area contributed by atoms with Gasteiger partial charge in [-0.2, -0.15) is 0 Å². The summed E-state index contributed by atoms with van der Waals surface area (Å²) in [6.07, 6.45) is 1.59. The Morgan fingerprint density at radius 1 is 1.05 bits per heavy atom. The molecule has 4 rings (SSSR count). The van der Waals surface area contributed by atoms with Crippen LogP contribution in [0.1, 0.15) is 35.5 Å². The third-order valence-corrected chi connectivity index (χ3v) is 6.67. The second kappa shape index (κ2) is 12.3. The largest absolute Gasteiger partial charge is 0.464 e. The minimum Gasteiger partial charge on any atom is -0.464 e. The van der Waals surface area contributed by atoms with E-state index in [0.29, 0.717) is 23.1 Å². The Hall–Kier alpha value is -3.36. The number of urea groups is 1. The molecule has 0 bridgehead atoms. The van der Waals surface area contributed by atoms with Crippen molar-refractivity contribution in [3.8, 4) is 0 Å². The van der Waals surface area contributed by atoms with Crippen molar-refractivity contribution in [2.75, 3.05) is 25.0 Å². The summed E-state index contributed by atoms with van der Waals surface area (Å²) in [5.74, 6) is 0.741. The van der Waals surface area contributed by atoms with Gasteiger partial charge in [-0.1, -0.05) is 29.8 Å². The van der Waals surface area contributed by atoms with E-state index in [0.717, 1.165) is 29.7 Å². The first-order valence-electron chi connectivity index (χ1n) is 12.3. The molecule has 1 N–H and O–H groups in total. The SMILES string of the molecule is Cc1ccc(CN(Cc2ccc(F)cc2)C(=O)CN(CC2CCCO2)C(=O)Nc2ccc(C)c(Cl)c2)o1. The summed E-state index contributed by atoms with van der Waals surface area (Å²) < 4.78 is 24.9. The Morgan fingerprint density at radius 3 is 2.49 bits per heavy atom. The number of carbonyl (C=O) groups is 2. The summed E-state index contributed by atoms with van der Waals surface area (Å²) >= 11 is 6.23. The summed E-state index contributed by atoms with van der Waals surface area (Å²) in [7, 11) is 0. The summed E-state index contributed by atoms with van der Waals surface area (Å²) in [5.41, 5.74) is 2.21. The van der Waals surface area contributed by atoms with Crippen LogP contribution in [0.2, 0.25) is 5.02 Å². The van der Waals surface area contributed by atoms with E-state index in [-0.39, 0.29) is 44.0 Å². The van der Waals surface area contributed by atoms with E-state index < -0.39 is 6.03 Å². The number of halogens is 2. The van der Waals surface area contributed by atoms with E-state index in [9.17, 15) is 14.0 Å². The minimum absolute atomic E-state index is 0.140. The predicted octanol–water partition coefficient (Wildman–Crippen LogP) is 5.93. The second-order valence-electron chi connectivity index (χ2n) is 9.30. The molecule has 0 aliphatic carbocycles. The Labute approximate surface area is 221 Å². The van der Waals surface area contributed by atoms with Crippen LogP contribution < -0.4 is 5.32 Å². The lowest BCUT2D eigenvalue weighted by Crippen LogP contribution is -2.46. The predicted molar refractivity (Wildman–Crippen MR) is 140 cm³/mol. The molecule has 3 amide bonds. The van der Waals surface area contributed by atoms with Crippen molar-refractivity contribution in [1.29, 1.82) is 0 Å². The van der Waals surface area contributed by atoms with Crippen LogP contribution in [0.4, 0.5) is 14.9 Å². The maximum absolute atomic E-state index is 13.6. The Kier molecular flexibility index (Phi) is 8.84. The maximum Gasteiger partial charge on any atom is 0.322 e. The zero-order valence-electron chi connectivity index (χ0n) is 21.0. The van der Waals surface area contributed by atoms with Gasteiger partial charge in [0.15, 0.2) is 0 Å². The van der Waals surface area contributed by atoms with E-state index >= 15 is 0 Å². The number of nitrogens with zero attached hydrogens (tertiary/aromatic N) is 2. The summed E-state index contributed by atoms with van der Waals surface area (Å²) in [6.45, 7) is 4.92. The fraction of sp³-hybridized carbons (Fsp3) is 0.357. The highest BCUT2D eigenvalue weighted by Crippen LogP contribution is 2.21. The molecule has 3 aromatic rings. The first-order chi connectivity index (χ1) is 17.8. The molecule has 37 heavy (non-hydrogen) atoms. The van der Waals surface area contributed by atoms with Gasteiger partial charge in [0.1, 0.15) is 23.9 Å². The van der Waals surface area contributed by atoms with Crippen LogP contribution in [0, 0.1) is 19.7 Å². The van der Waals surface area contributed by atoms with Crippen molar-refractivity contribution < 1.29 is 23.1 Å². The van der Waals surface area contributed by atoms with Gasteiger partial charge in [0.05, 0.1) is 12.6 Å². The van der Waals surface area contributed by atoms with Crippen LogP contribution >= 0.6 is 11.6 Å². The Bertz CT molecular complexity index is 1220. The molecular weight excluding hydrogens is 497 g/mol. The number of benzene rings is 2. The number of ether oxygens (including phenoxy) is 1. The number of amides is 3. The van der Waals surface area contributed by atoms with Crippen molar-refractivity contribution in [3.63, 3.8) is 0 Å². The lowest BCUT2D eigenvalue weighted by Gasteiger charge is -2.29. The van der Waals surface area contributed by atoms with Gasteiger partial charge in [0.2, 0.25) is 5.91 Å². The summed E-state index contributed by atoms with van der Waals surface area (Å²) in [6, 6.07) is 14.5. The van der Waals surface area contributed by atoms with E-state index in [2.05, 4.69) is 5.32 Å². The molecule has 1 atom stereocenters. The topological polar surface area (TPSA) is 75.0 Å². The molecule has 7 nitrogen and oxygen atoms in total. The normalized spacial score (nSPS) is 15.0. The van der Waals surface area contributed by atoms with Crippen LogP contribution in [-0.2, 0) is 22.6 Å². The van der Waals surface area contributed by atoms with Gasteiger partial charge in [0.25, 0.3) is 0 Å². The number of rotatable bonds is 9. The Balaban J connectivity index is 1.52. The summed E-state index contributed by atoms with van der Waals surface area (Å²) in [4.78, 5) is 30.0. The van der Waals surface area contributed by atoms with Crippen LogP contribution in [0.3, 0.4) is 0 Å². The van der Waals surface area contributed by atoms with E-state index in [1.807, 2.05) is 32.0 Å². The van der Waals surface area contributed by atoms with Crippen molar-refractivity contribution in [2.24, 2.45) is 0 Å². The second-order valence-corrected chi connectivity index (χ2v) is 9.71. The molecule has 1 aromatic heterocycles. The van der Waals surface area contributed by atoms with Gasteiger partial charge in [0, 0.05) is 30.4 Å². The van der Waals surface area contributed by atoms with Crippen LogP contribution in [0.15, 0.2) is 59.0 Å². The number of furan rings is 1. The number of carbonyl (C=O) groups excluding carboxylic acids is 2. The molecule has 1 saturated heterocycles. The molecule has 0 saturated carbocycles. The standard InChI is InChI=1S/C28H31ClFN3O4/c1-19-5-11-23(14-26(19)29)31-28(35)33(16-24-4-3-13-36-24)18-27(34)32(17-25-12-6-20(2)37-25)15-21-7-9-22(30)10-8-21/h5-12,14,24H,3-4,13,15-18H2,1-2H3,(H,31,35). The molecule has 1 fully saturated rings. The minimum atomic E-state index is -0.417. The zero-order valence-corrected chi connectivity index (χ0v) is 21.8. The fourth-order valence-electron chi connectivity index (χ4n) is 4.19. The van der Waals surface area contributed by atoms with Gasteiger partial charge in [-0.25, -0.2) is 9.18 Å². The van der Waals surface area contributed by atoms with Gasteiger partial charge < -0.3 is 24.3 Å². The molecule has 0 spiro atoms. The van der Waals surface area contributed by atoms with E-state index in [4.69, 9.17) is 20.8 Å². The number of hydrogen-bond acceptors (Lipinski definition) is 4. The Morgan fingerprint density at radius 2 is 1.84 bits per heavy atom. The molecule has 9 heteroatoms. The molecular formula is C28H31ClFN3O4. The third-order valence-electron chi connectivity index (χ3n) is 6.27. The highest BCUT2D eigenvalue weighted by atomic mass is 35.5. The van der Waals surface area contributed by atoms with Crippen LogP contribution in [0.5, 0.6) is 0 Å². The fourth-order valence-corrected chi connectivity index (χ4v) is 4.37. The lowest BCUT2D eigenvalue weighted by molar-refractivity contribution is -0.133. The highest BCUT2D eigenvalue weighted by Gasteiger charge is 2.27. The van der Waals surface area contributed by atoms with Crippen molar-refractivity contribution >= 4 is 29.2 Å². The molecule has 2 heterocycles. The quantitative estimate of drug-likeness (QED) is 0.374. The van der Waals surface area contributed by atoms with Crippen LogP contribution in [0.25, 0.3) is 0 Å². The number of hydrogen-bond donors (Lipinski definition) is 1. The first-order valence-corrected chi connectivity index (χ1v) is 12.7. The van der Waals surface area contributed by atoms with Gasteiger partial charge in [-0.3, -0.25) is 4.79 Å². The average molecular weight is 528 g/mol. The summed E-state index contributed by atoms with van der Waals surface area (Å²) in [5, 5.41) is 3.39. The number of aryl methyl sites for hydroxylation is 2. The third kappa shape index (κ3) is 7.57. The van der Waals surface area contributed by atoms with Gasteiger partial charge in [-0.05, 0) is 74.2 Å². The average Bonchev–Trinajstić information content (AvgIpc) is 3.53. The molecule has 2 aromatic carbocycles. The molecule has 1 aliphatic rings. The van der Waals surface area contributed by atoms with Crippen molar-refractivity contribution in [2.45, 2.75) is 45.9 Å². The van der Waals surface area contributed by atoms with E-state index in [1.165, 1.54) is 17.0 Å². The maximum atomic E-state index is 13.6. The van der Waals surface area contributed by atoms with Crippen molar-refractivity contribution in [3.05, 3.63) is 88.1 Å². The molecule has 1 aliphatic heterocycles. The van der Waals surface area contributed by atoms with Crippen LogP contribution in [-0.4, -0.2) is 47.5 Å². The first kappa shape index (κ1) is 26.7. The number of nitrogens with one attached hydrogen (secondary N) is 1. The monoisotopic (exact) mass is 527 g/mol. The lowest BCUT2D eigenvalue weighted by atomic mass is 10.2. The zero-order chi connectivity index (χ0) is 26.4. The smallest absolute Gasteiger partial charge is 0.322 e. The molecule has 196 valence electrons. The van der Waals surface area contributed by atoms with Crippen molar-refractivity contribution in [1.82, 2.24) is 9.80 Å². The van der Waals surface area contributed by atoms with Gasteiger partial charge in [-0.15, -0.1) is 0 Å². The number of anilines is 1. The molecule has 0 radical (unpaired) electrons. The highest BCUT2D eigenvalue weighted by molar-refractivity contribution is 6.31.